The van der Waals surface area contributed by atoms with Crippen LogP contribution in [0.25, 0.3) is 0 Å². The van der Waals surface area contributed by atoms with E-state index < -0.39 is 0 Å². The lowest BCUT2D eigenvalue weighted by Gasteiger charge is -2.33. The first kappa shape index (κ1) is 17.1. The van der Waals surface area contributed by atoms with Crippen LogP contribution in [0.5, 0.6) is 5.75 Å². The minimum absolute atomic E-state index is 0.283. The molecule has 0 amide bonds. The third kappa shape index (κ3) is 3.68. The molecule has 3 rings (SSSR count). The Labute approximate surface area is 148 Å². The Morgan fingerprint density at radius 2 is 2.00 bits per heavy atom. The molecule has 126 valence electrons. The SMILES string of the molecule is C=CCC1c2ccc(OCOC)cc2SCC1c1ccc(C)cc1. The second-order valence-corrected chi connectivity index (χ2v) is 7.27. The van der Waals surface area contributed by atoms with Crippen molar-refractivity contribution in [3.63, 3.8) is 0 Å². The van der Waals surface area contributed by atoms with E-state index in [9.17, 15) is 0 Å². The molecular formula is C21H24O2S. The topological polar surface area (TPSA) is 18.5 Å². The summed E-state index contributed by atoms with van der Waals surface area (Å²) < 4.78 is 10.6. The number of hydrogen-bond acceptors (Lipinski definition) is 3. The van der Waals surface area contributed by atoms with Crippen molar-refractivity contribution in [1.82, 2.24) is 0 Å². The zero-order chi connectivity index (χ0) is 16.9. The van der Waals surface area contributed by atoms with Gasteiger partial charge in [0.25, 0.3) is 0 Å². The monoisotopic (exact) mass is 340 g/mol. The van der Waals surface area contributed by atoms with Crippen molar-refractivity contribution in [2.75, 3.05) is 19.7 Å². The van der Waals surface area contributed by atoms with Gasteiger partial charge in [0, 0.05) is 23.7 Å². The van der Waals surface area contributed by atoms with Crippen molar-refractivity contribution in [2.24, 2.45) is 0 Å². The Hall–Kier alpha value is -1.71. The zero-order valence-electron chi connectivity index (χ0n) is 14.3. The van der Waals surface area contributed by atoms with Gasteiger partial charge in [-0.15, -0.1) is 18.3 Å². The van der Waals surface area contributed by atoms with E-state index in [2.05, 4.69) is 49.9 Å². The fourth-order valence-electron chi connectivity index (χ4n) is 3.29. The van der Waals surface area contributed by atoms with Gasteiger partial charge in [-0.2, -0.15) is 0 Å². The molecule has 1 heterocycles. The minimum atomic E-state index is 0.283. The smallest absolute Gasteiger partial charge is 0.188 e. The van der Waals surface area contributed by atoms with Gasteiger partial charge in [-0.05, 0) is 42.5 Å². The van der Waals surface area contributed by atoms with Crippen LogP contribution in [0.4, 0.5) is 0 Å². The van der Waals surface area contributed by atoms with Crippen LogP contribution < -0.4 is 4.74 Å². The van der Waals surface area contributed by atoms with Gasteiger partial charge in [-0.3, -0.25) is 0 Å². The molecular weight excluding hydrogens is 316 g/mol. The summed E-state index contributed by atoms with van der Waals surface area (Å²) >= 11 is 1.92. The first-order valence-corrected chi connectivity index (χ1v) is 9.27. The molecule has 2 aromatic rings. The van der Waals surface area contributed by atoms with E-state index in [0.717, 1.165) is 17.9 Å². The Kier molecular flexibility index (Phi) is 5.64. The van der Waals surface area contributed by atoms with Crippen LogP contribution in [0.3, 0.4) is 0 Å². The summed E-state index contributed by atoms with van der Waals surface area (Å²) in [4.78, 5) is 1.32. The van der Waals surface area contributed by atoms with E-state index in [-0.39, 0.29) is 6.79 Å². The molecule has 0 aromatic heterocycles. The van der Waals surface area contributed by atoms with Crippen LogP contribution in [0.2, 0.25) is 0 Å². The molecule has 2 aromatic carbocycles. The van der Waals surface area contributed by atoms with E-state index in [1.807, 2.05) is 23.9 Å². The van der Waals surface area contributed by atoms with Gasteiger partial charge in [-0.1, -0.05) is 42.0 Å². The second kappa shape index (κ2) is 7.91. The molecule has 2 atom stereocenters. The molecule has 0 aliphatic carbocycles. The van der Waals surface area contributed by atoms with Crippen LogP contribution >= 0.6 is 11.8 Å². The highest BCUT2D eigenvalue weighted by Gasteiger charge is 2.30. The maximum absolute atomic E-state index is 5.59. The summed E-state index contributed by atoms with van der Waals surface area (Å²) in [5.74, 6) is 2.95. The molecule has 0 bridgehead atoms. The van der Waals surface area contributed by atoms with E-state index >= 15 is 0 Å². The Morgan fingerprint density at radius 1 is 1.21 bits per heavy atom. The first-order valence-electron chi connectivity index (χ1n) is 8.29. The number of hydrogen-bond donors (Lipinski definition) is 0. The second-order valence-electron chi connectivity index (χ2n) is 6.21. The molecule has 2 nitrogen and oxygen atoms in total. The van der Waals surface area contributed by atoms with Gasteiger partial charge in [0.05, 0.1) is 0 Å². The molecule has 0 saturated heterocycles. The maximum atomic E-state index is 5.59. The molecule has 0 N–H and O–H groups in total. The summed E-state index contributed by atoms with van der Waals surface area (Å²) in [6, 6.07) is 15.4. The van der Waals surface area contributed by atoms with Gasteiger partial charge >= 0.3 is 0 Å². The summed E-state index contributed by atoms with van der Waals surface area (Å²) in [6.07, 6.45) is 3.03. The Morgan fingerprint density at radius 3 is 2.71 bits per heavy atom. The average Bonchev–Trinajstić information content (AvgIpc) is 2.61. The van der Waals surface area contributed by atoms with Gasteiger partial charge in [0.1, 0.15) is 5.75 Å². The molecule has 2 unspecified atom stereocenters. The zero-order valence-corrected chi connectivity index (χ0v) is 15.1. The third-order valence-electron chi connectivity index (χ3n) is 4.56. The quantitative estimate of drug-likeness (QED) is 0.509. The van der Waals surface area contributed by atoms with Crippen LogP contribution in [0.1, 0.15) is 34.9 Å². The van der Waals surface area contributed by atoms with Crippen molar-refractivity contribution in [1.29, 1.82) is 0 Å². The number of fused-ring (bicyclic) bond motifs is 1. The largest absolute Gasteiger partial charge is 0.468 e. The highest BCUT2D eigenvalue weighted by atomic mass is 32.2. The van der Waals surface area contributed by atoms with Gasteiger partial charge in [0.2, 0.25) is 0 Å². The third-order valence-corrected chi connectivity index (χ3v) is 5.75. The summed E-state index contributed by atoms with van der Waals surface area (Å²) in [6.45, 7) is 6.40. The van der Waals surface area contributed by atoms with Crippen LogP contribution in [0, 0.1) is 6.92 Å². The number of aryl methyl sites for hydroxylation is 1. The Bertz CT molecular complexity index is 693. The lowest BCUT2D eigenvalue weighted by molar-refractivity contribution is 0.0509. The fraction of sp³-hybridized carbons (Fsp3) is 0.333. The molecule has 0 saturated carbocycles. The number of allylic oxidation sites excluding steroid dienone is 1. The van der Waals surface area contributed by atoms with E-state index in [0.29, 0.717) is 11.8 Å². The maximum Gasteiger partial charge on any atom is 0.188 e. The summed E-state index contributed by atoms with van der Waals surface area (Å²) in [7, 11) is 1.64. The lowest BCUT2D eigenvalue weighted by Crippen LogP contribution is -2.18. The number of thioether (sulfide) groups is 1. The van der Waals surface area contributed by atoms with E-state index in [1.54, 1.807) is 7.11 Å². The molecule has 3 heteroatoms. The first-order chi connectivity index (χ1) is 11.7. The van der Waals surface area contributed by atoms with E-state index in [1.165, 1.54) is 21.6 Å². The predicted octanol–water partition coefficient (Wildman–Crippen LogP) is 5.53. The van der Waals surface area contributed by atoms with Gasteiger partial charge in [-0.25, -0.2) is 0 Å². The van der Waals surface area contributed by atoms with E-state index in [4.69, 9.17) is 9.47 Å². The van der Waals surface area contributed by atoms with Crippen LogP contribution in [-0.4, -0.2) is 19.7 Å². The fourth-order valence-corrected chi connectivity index (χ4v) is 4.66. The lowest BCUT2D eigenvalue weighted by atomic mass is 9.80. The molecule has 24 heavy (non-hydrogen) atoms. The van der Waals surface area contributed by atoms with Crippen molar-refractivity contribution in [2.45, 2.75) is 30.1 Å². The summed E-state index contributed by atoms with van der Waals surface area (Å²) in [5.41, 5.74) is 4.13. The normalized spacial score (nSPS) is 19.6. The molecule has 0 radical (unpaired) electrons. The highest BCUT2D eigenvalue weighted by molar-refractivity contribution is 7.99. The summed E-state index contributed by atoms with van der Waals surface area (Å²) in [5, 5.41) is 0. The standard InChI is InChI=1S/C21H24O2S/c1-4-5-18-19-11-10-17(23-14-22-3)12-21(19)24-13-20(18)16-8-6-15(2)7-9-16/h4,6-12,18,20H,1,5,13-14H2,2-3H3. The van der Waals surface area contributed by atoms with Gasteiger partial charge in [0.15, 0.2) is 6.79 Å². The average molecular weight is 340 g/mol. The van der Waals surface area contributed by atoms with Crippen molar-refractivity contribution >= 4 is 11.8 Å². The number of benzene rings is 2. The van der Waals surface area contributed by atoms with Crippen LogP contribution in [0.15, 0.2) is 60.0 Å². The molecule has 0 fully saturated rings. The van der Waals surface area contributed by atoms with Gasteiger partial charge < -0.3 is 9.47 Å². The predicted molar refractivity (Wildman–Crippen MR) is 101 cm³/mol. The highest BCUT2D eigenvalue weighted by Crippen LogP contribution is 2.48. The molecule has 1 aliphatic rings. The number of rotatable bonds is 6. The number of methoxy groups -OCH3 is 1. The minimum Gasteiger partial charge on any atom is -0.468 e. The van der Waals surface area contributed by atoms with Crippen molar-refractivity contribution in [3.05, 3.63) is 71.8 Å². The number of ether oxygens (including phenoxy) is 2. The van der Waals surface area contributed by atoms with Crippen molar-refractivity contribution in [3.8, 4) is 5.75 Å². The molecule has 0 spiro atoms. The molecule has 1 aliphatic heterocycles. The van der Waals surface area contributed by atoms with Crippen LogP contribution in [-0.2, 0) is 4.74 Å². The van der Waals surface area contributed by atoms with Crippen molar-refractivity contribution < 1.29 is 9.47 Å². The Balaban J connectivity index is 1.90.